The highest BCUT2D eigenvalue weighted by Gasteiger charge is 2.36. The molecule has 6 nitrogen and oxygen atoms in total. The van der Waals surface area contributed by atoms with Crippen LogP contribution >= 0.6 is 0 Å². The zero-order valence-corrected chi connectivity index (χ0v) is 14.9. The topological polar surface area (TPSA) is 61.9 Å². The maximum Gasteiger partial charge on any atom is 0.415 e. The molecule has 1 N–H and O–H groups in total. The second-order valence-corrected chi connectivity index (χ2v) is 7.71. The first kappa shape index (κ1) is 18.0. The van der Waals surface area contributed by atoms with Crippen molar-refractivity contribution in [3.8, 4) is 0 Å². The number of alkyl carbamates (subject to hydrolysis) is 1. The largest absolute Gasteiger partial charge is 0.443 e. The lowest BCUT2D eigenvalue weighted by atomic mass is 9.88. The molecule has 2 rings (SSSR count). The van der Waals surface area contributed by atoms with E-state index in [1.54, 1.807) is 32.7 Å². The molecular formula is C17H31N3O3. The molecule has 0 aromatic rings. The lowest BCUT2D eigenvalue weighted by molar-refractivity contribution is 0.0508. The van der Waals surface area contributed by atoms with Crippen molar-refractivity contribution in [2.75, 3.05) is 20.1 Å². The van der Waals surface area contributed by atoms with Crippen LogP contribution in [0.25, 0.3) is 0 Å². The Morgan fingerprint density at radius 3 is 2.30 bits per heavy atom. The standard InChI is InChI=1S/C17H31N3O3/c1-17(2,3)23-16(22)18-15(21)19(4)13-9-5-6-10-14(13)20-11-7-8-12-20/h13-14H,5-12H2,1-4H3,(H,18,21,22). The van der Waals surface area contributed by atoms with Gasteiger partial charge in [-0.2, -0.15) is 0 Å². The first-order valence-corrected chi connectivity index (χ1v) is 8.79. The second kappa shape index (κ2) is 7.51. The van der Waals surface area contributed by atoms with Gasteiger partial charge in [0.05, 0.1) is 0 Å². The summed E-state index contributed by atoms with van der Waals surface area (Å²) in [7, 11) is 1.79. The zero-order chi connectivity index (χ0) is 17.0. The molecule has 2 fully saturated rings. The Bertz CT molecular complexity index is 427. The smallest absolute Gasteiger partial charge is 0.415 e. The van der Waals surface area contributed by atoms with E-state index < -0.39 is 11.7 Å². The number of nitrogens with one attached hydrogen (secondary N) is 1. The van der Waals surface area contributed by atoms with E-state index in [2.05, 4.69) is 10.2 Å². The highest BCUT2D eigenvalue weighted by Crippen LogP contribution is 2.29. The number of likely N-dealkylation sites (N-methyl/N-ethyl adjacent to an activating group) is 1. The molecule has 1 aliphatic heterocycles. The summed E-state index contributed by atoms with van der Waals surface area (Å²) in [6.07, 6.45) is 6.31. The Hall–Kier alpha value is -1.30. The van der Waals surface area contributed by atoms with Crippen molar-refractivity contribution in [3.05, 3.63) is 0 Å². The van der Waals surface area contributed by atoms with Crippen LogP contribution in [0.3, 0.4) is 0 Å². The third-order valence-electron chi connectivity index (χ3n) is 4.73. The molecule has 1 aliphatic carbocycles. The van der Waals surface area contributed by atoms with Crippen LogP contribution in [0.4, 0.5) is 9.59 Å². The van der Waals surface area contributed by atoms with Crippen LogP contribution in [0.1, 0.15) is 59.3 Å². The molecule has 1 saturated carbocycles. The fourth-order valence-electron chi connectivity index (χ4n) is 3.67. The Balaban J connectivity index is 1.94. The van der Waals surface area contributed by atoms with Gasteiger partial charge in [-0.15, -0.1) is 0 Å². The van der Waals surface area contributed by atoms with Crippen LogP contribution in [0.2, 0.25) is 0 Å². The van der Waals surface area contributed by atoms with Crippen molar-refractivity contribution in [2.24, 2.45) is 0 Å². The van der Waals surface area contributed by atoms with E-state index in [1.807, 2.05) is 0 Å². The summed E-state index contributed by atoms with van der Waals surface area (Å²) in [5.74, 6) is 0. The number of carbonyl (C=O) groups excluding carboxylic acids is 2. The molecular weight excluding hydrogens is 294 g/mol. The molecule has 0 spiro atoms. The summed E-state index contributed by atoms with van der Waals surface area (Å²) in [5, 5.41) is 2.35. The van der Waals surface area contributed by atoms with E-state index in [1.165, 1.54) is 19.3 Å². The number of carbonyl (C=O) groups is 2. The van der Waals surface area contributed by atoms with E-state index in [0.717, 1.165) is 32.4 Å². The van der Waals surface area contributed by atoms with Crippen LogP contribution in [0.15, 0.2) is 0 Å². The van der Waals surface area contributed by atoms with Gasteiger partial charge < -0.3 is 9.64 Å². The Morgan fingerprint density at radius 2 is 1.70 bits per heavy atom. The summed E-state index contributed by atoms with van der Waals surface area (Å²) < 4.78 is 5.16. The number of imide groups is 1. The minimum atomic E-state index is -0.678. The third-order valence-corrected chi connectivity index (χ3v) is 4.73. The first-order chi connectivity index (χ1) is 10.8. The number of urea groups is 1. The molecule has 2 atom stereocenters. The lowest BCUT2D eigenvalue weighted by Crippen LogP contribution is -2.56. The molecule has 132 valence electrons. The number of likely N-dealkylation sites (tertiary alicyclic amines) is 1. The molecule has 6 heteroatoms. The number of amides is 3. The van der Waals surface area contributed by atoms with Gasteiger partial charge in [0.2, 0.25) is 0 Å². The fraction of sp³-hybridized carbons (Fsp3) is 0.882. The maximum absolute atomic E-state index is 12.4. The third kappa shape index (κ3) is 5.09. The van der Waals surface area contributed by atoms with Gasteiger partial charge in [-0.1, -0.05) is 12.8 Å². The summed E-state index contributed by atoms with van der Waals surface area (Å²) >= 11 is 0. The molecule has 2 unspecified atom stereocenters. The minimum Gasteiger partial charge on any atom is -0.443 e. The van der Waals surface area contributed by atoms with Crippen molar-refractivity contribution in [2.45, 2.75) is 77.0 Å². The van der Waals surface area contributed by atoms with Gasteiger partial charge >= 0.3 is 12.1 Å². The zero-order valence-electron chi connectivity index (χ0n) is 14.9. The van der Waals surface area contributed by atoms with Gasteiger partial charge in [-0.05, 0) is 59.5 Å². The first-order valence-electron chi connectivity index (χ1n) is 8.79. The highest BCUT2D eigenvalue weighted by molar-refractivity contribution is 5.90. The number of hydrogen-bond acceptors (Lipinski definition) is 4. The van der Waals surface area contributed by atoms with Gasteiger partial charge in [0, 0.05) is 19.1 Å². The van der Waals surface area contributed by atoms with Crippen LogP contribution in [-0.4, -0.2) is 59.7 Å². The van der Waals surface area contributed by atoms with E-state index in [-0.39, 0.29) is 12.1 Å². The Labute approximate surface area is 139 Å². The van der Waals surface area contributed by atoms with Gasteiger partial charge in [0.1, 0.15) is 5.60 Å². The van der Waals surface area contributed by atoms with Crippen LogP contribution < -0.4 is 5.32 Å². The summed E-state index contributed by atoms with van der Waals surface area (Å²) in [5.41, 5.74) is -0.605. The lowest BCUT2D eigenvalue weighted by Gasteiger charge is -2.42. The van der Waals surface area contributed by atoms with Gasteiger partial charge in [0.15, 0.2) is 0 Å². The number of nitrogens with zero attached hydrogens (tertiary/aromatic N) is 2. The molecule has 3 amide bonds. The summed E-state index contributed by atoms with van der Waals surface area (Å²) in [6.45, 7) is 7.60. The summed E-state index contributed by atoms with van der Waals surface area (Å²) in [6, 6.07) is 0.222. The van der Waals surface area contributed by atoms with Crippen LogP contribution in [0.5, 0.6) is 0 Å². The maximum atomic E-state index is 12.4. The quantitative estimate of drug-likeness (QED) is 0.848. The minimum absolute atomic E-state index is 0.171. The monoisotopic (exact) mass is 325 g/mol. The van der Waals surface area contributed by atoms with Crippen molar-refractivity contribution in [1.29, 1.82) is 0 Å². The SMILES string of the molecule is CN(C(=O)NC(=O)OC(C)(C)C)C1CCCCC1N1CCCC1. The molecule has 2 aliphatic rings. The molecule has 0 radical (unpaired) electrons. The van der Waals surface area contributed by atoms with Crippen molar-refractivity contribution in [1.82, 2.24) is 15.1 Å². The predicted molar refractivity (Wildman–Crippen MR) is 89.4 cm³/mol. The molecule has 0 aromatic heterocycles. The van der Waals surface area contributed by atoms with E-state index in [0.29, 0.717) is 6.04 Å². The number of hydrogen-bond donors (Lipinski definition) is 1. The van der Waals surface area contributed by atoms with Gasteiger partial charge in [-0.3, -0.25) is 4.90 Å². The van der Waals surface area contributed by atoms with Gasteiger partial charge in [0.25, 0.3) is 0 Å². The number of ether oxygens (including phenoxy) is 1. The molecule has 0 aromatic carbocycles. The second-order valence-electron chi connectivity index (χ2n) is 7.71. The number of rotatable bonds is 2. The van der Waals surface area contributed by atoms with E-state index in [9.17, 15) is 9.59 Å². The average molecular weight is 325 g/mol. The van der Waals surface area contributed by atoms with Crippen LogP contribution in [0, 0.1) is 0 Å². The fourth-order valence-corrected chi connectivity index (χ4v) is 3.67. The van der Waals surface area contributed by atoms with Gasteiger partial charge in [-0.25, -0.2) is 14.9 Å². The highest BCUT2D eigenvalue weighted by atomic mass is 16.6. The van der Waals surface area contributed by atoms with Crippen molar-refractivity contribution < 1.29 is 14.3 Å². The van der Waals surface area contributed by atoms with E-state index >= 15 is 0 Å². The molecule has 0 bridgehead atoms. The van der Waals surface area contributed by atoms with Crippen LogP contribution in [-0.2, 0) is 4.74 Å². The molecule has 1 saturated heterocycles. The normalized spacial score (nSPS) is 25.9. The Kier molecular flexibility index (Phi) is 5.89. The summed E-state index contributed by atoms with van der Waals surface area (Å²) in [4.78, 5) is 28.4. The van der Waals surface area contributed by atoms with Crippen molar-refractivity contribution >= 4 is 12.1 Å². The molecule has 23 heavy (non-hydrogen) atoms. The average Bonchev–Trinajstić information content (AvgIpc) is 2.98. The predicted octanol–water partition coefficient (Wildman–Crippen LogP) is 2.97. The van der Waals surface area contributed by atoms with Crippen molar-refractivity contribution in [3.63, 3.8) is 0 Å². The Morgan fingerprint density at radius 1 is 1.09 bits per heavy atom. The molecule has 1 heterocycles. The van der Waals surface area contributed by atoms with E-state index in [4.69, 9.17) is 4.74 Å².